The van der Waals surface area contributed by atoms with Gasteiger partial charge in [0.15, 0.2) is 0 Å². The van der Waals surface area contributed by atoms with Crippen molar-refractivity contribution in [2.75, 3.05) is 0 Å². The second kappa shape index (κ2) is 21.4. The van der Waals surface area contributed by atoms with Crippen LogP contribution in [-0.2, 0) is 0 Å². The summed E-state index contributed by atoms with van der Waals surface area (Å²) in [5.41, 5.74) is 0.798. The molecule has 2 aliphatic rings. The number of allylic oxidation sites excluding steroid dienone is 2. The minimum atomic E-state index is 0.798. The molecule has 0 bridgehead atoms. The van der Waals surface area contributed by atoms with Crippen LogP contribution in [0, 0.1) is 52.8 Å². The Morgan fingerprint density at radius 2 is 1.30 bits per heavy atom. The predicted molar refractivity (Wildman–Crippen MR) is 184 cm³/mol. The first-order valence-corrected chi connectivity index (χ1v) is 18.8. The van der Waals surface area contributed by atoms with Crippen LogP contribution in [0.2, 0.25) is 0 Å². The SMILES string of the molecule is CC/C=C\CCCC(CC(C)C)C(C)CCCC(CCC)C(C)CCC(C)C1CCC2(CC1)CC(C)C2.CCC. The molecule has 0 amide bonds. The van der Waals surface area contributed by atoms with E-state index in [4.69, 9.17) is 0 Å². The average Bonchev–Trinajstić information content (AvgIpc) is 2.90. The molecule has 0 heteroatoms. The molecule has 2 rings (SSSR count). The van der Waals surface area contributed by atoms with Crippen molar-refractivity contribution in [2.45, 2.75) is 191 Å². The highest BCUT2D eigenvalue weighted by Gasteiger charge is 2.44. The molecule has 2 fully saturated rings. The fourth-order valence-corrected chi connectivity index (χ4v) is 8.69. The maximum atomic E-state index is 2.60. The first kappa shape index (κ1) is 37.8. The van der Waals surface area contributed by atoms with Crippen molar-refractivity contribution in [3.05, 3.63) is 12.2 Å². The van der Waals surface area contributed by atoms with Crippen molar-refractivity contribution >= 4 is 0 Å². The normalized spacial score (nSPS) is 26.7. The maximum Gasteiger partial charge on any atom is -0.0292 e. The zero-order valence-corrected chi connectivity index (χ0v) is 29.7. The molecule has 0 aliphatic heterocycles. The van der Waals surface area contributed by atoms with Crippen molar-refractivity contribution in [1.82, 2.24) is 0 Å². The molecule has 0 heterocycles. The molecule has 5 atom stereocenters. The monoisotopic (exact) mass is 559 g/mol. The summed E-state index contributed by atoms with van der Waals surface area (Å²) in [7, 11) is 0. The smallest absolute Gasteiger partial charge is 0.0292 e. The minimum Gasteiger partial charge on any atom is -0.0888 e. The molecule has 40 heavy (non-hydrogen) atoms. The van der Waals surface area contributed by atoms with Gasteiger partial charge in [0.05, 0.1) is 0 Å². The molecule has 5 unspecified atom stereocenters. The molecule has 0 aromatic carbocycles. The summed E-state index contributed by atoms with van der Waals surface area (Å²) in [6.07, 6.45) is 32.1. The van der Waals surface area contributed by atoms with Crippen LogP contribution in [0.15, 0.2) is 12.2 Å². The van der Waals surface area contributed by atoms with Crippen LogP contribution in [-0.4, -0.2) is 0 Å². The Labute approximate surface area is 255 Å². The summed E-state index contributed by atoms with van der Waals surface area (Å²) in [4.78, 5) is 0. The predicted octanol–water partition coefficient (Wildman–Crippen LogP) is 14.1. The average molecular weight is 559 g/mol. The number of unbranched alkanes of at least 4 members (excludes halogenated alkanes) is 1. The van der Waals surface area contributed by atoms with Gasteiger partial charge in [0.2, 0.25) is 0 Å². The van der Waals surface area contributed by atoms with E-state index in [0.717, 1.165) is 52.8 Å². The lowest BCUT2D eigenvalue weighted by atomic mass is 9.54. The van der Waals surface area contributed by atoms with Crippen LogP contribution >= 0.6 is 0 Å². The van der Waals surface area contributed by atoms with Crippen molar-refractivity contribution < 1.29 is 0 Å². The van der Waals surface area contributed by atoms with Gasteiger partial charge in [-0.1, -0.05) is 133 Å². The Morgan fingerprint density at radius 3 is 1.85 bits per heavy atom. The van der Waals surface area contributed by atoms with Gasteiger partial charge in [0.25, 0.3) is 0 Å². The fourth-order valence-electron chi connectivity index (χ4n) is 8.69. The van der Waals surface area contributed by atoms with Gasteiger partial charge in [-0.15, -0.1) is 0 Å². The van der Waals surface area contributed by atoms with Crippen LogP contribution in [0.5, 0.6) is 0 Å². The molecule has 2 saturated carbocycles. The van der Waals surface area contributed by atoms with Crippen molar-refractivity contribution in [2.24, 2.45) is 52.8 Å². The van der Waals surface area contributed by atoms with E-state index in [1.54, 1.807) is 12.8 Å². The van der Waals surface area contributed by atoms with E-state index in [1.807, 2.05) is 0 Å². The lowest BCUT2D eigenvalue weighted by molar-refractivity contribution is -0.00101. The summed E-state index contributed by atoms with van der Waals surface area (Å²) in [5.74, 6) is 7.51. The van der Waals surface area contributed by atoms with Gasteiger partial charge in [0, 0.05) is 0 Å². The van der Waals surface area contributed by atoms with Crippen LogP contribution in [0.3, 0.4) is 0 Å². The second-order valence-corrected chi connectivity index (χ2v) is 15.7. The third kappa shape index (κ3) is 14.8. The van der Waals surface area contributed by atoms with E-state index in [1.165, 1.54) is 109 Å². The molecule has 1 spiro atoms. The van der Waals surface area contributed by atoms with Crippen LogP contribution in [0.1, 0.15) is 191 Å². The largest absolute Gasteiger partial charge is 0.0888 e. The number of hydrogen-bond acceptors (Lipinski definition) is 0. The van der Waals surface area contributed by atoms with Gasteiger partial charge in [-0.25, -0.2) is 0 Å². The molecular weight excluding hydrogens is 480 g/mol. The molecule has 0 nitrogen and oxygen atoms in total. The number of rotatable bonds is 19. The van der Waals surface area contributed by atoms with E-state index in [9.17, 15) is 0 Å². The van der Waals surface area contributed by atoms with E-state index in [2.05, 4.69) is 81.4 Å². The summed E-state index contributed by atoms with van der Waals surface area (Å²) < 4.78 is 0. The van der Waals surface area contributed by atoms with Crippen LogP contribution in [0.25, 0.3) is 0 Å². The first-order chi connectivity index (χ1) is 19.1. The summed E-state index contributed by atoms with van der Waals surface area (Å²) in [5, 5.41) is 0. The Kier molecular flexibility index (Phi) is 20.2. The zero-order valence-electron chi connectivity index (χ0n) is 29.7. The Balaban J connectivity index is 0.00000254. The highest BCUT2D eigenvalue weighted by molar-refractivity contribution is 4.95. The van der Waals surface area contributed by atoms with Crippen molar-refractivity contribution in [1.29, 1.82) is 0 Å². The highest BCUT2D eigenvalue weighted by Crippen LogP contribution is 2.56. The zero-order chi connectivity index (χ0) is 30.0. The third-order valence-electron chi connectivity index (χ3n) is 11.2. The summed E-state index contributed by atoms with van der Waals surface area (Å²) in [6, 6.07) is 0. The molecule has 0 N–H and O–H groups in total. The first-order valence-electron chi connectivity index (χ1n) is 18.8. The quantitative estimate of drug-likeness (QED) is 0.109. The van der Waals surface area contributed by atoms with E-state index in [-0.39, 0.29) is 0 Å². The van der Waals surface area contributed by atoms with Crippen LogP contribution in [0.4, 0.5) is 0 Å². The molecule has 2 aliphatic carbocycles. The van der Waals surface area contributed by atoms with E-state index >= 15 is 0 Å². The lowest BCUT2D eigenvalue weighted by Crippen LogP contribution is -2.40. The molecule has 0 saturated heterocycles. The minimum absolute atomic E-state index is 0.798. The van der Waals surface area contributed by atoms with E-state index < -0.39 is 0 Å². The Bertz CT molecular complexity index is 598. The molecular formula is C40H78. The number of hydrogen-bond donors (Lipinski definition) is 0. The third-order valence-corrected chi connectivity index (χ3v) is 11.2. The van der Waals surface area contributed by atoms with Gasteiger partial charge in [-0.3, -0.25) is 0 Å². The maximum absolute atomic E-state index is 2.60. The van der Waals surface area contributed by atoms with Gasteiger partial charge < -0.3 is 0 Å². The van der Waals surface area contributed by atoms with Crippen LogP contribution < -0.4 is 0 Å². The fraction of sp³-hybridized carbons (Fsp3) is 0.950. The molecule has 0 radical (unpaired) electrons. The topological polar surface area (TPSA) is 0 Å². The van der Waals surface area contributed by atoms with Gasteiger partial charge in [0.1, 0.15) is 0 Å². The lowest BCUT2D eigenvalue weighted by Gasteiger charge is -2.51. The summed E-state index contributed by atoms with van der Waals surface area (Å²) in [6.45, 7) is 24.0. The molecule has 0 aromatic heterocycles. The molecule has 238 valence electrons. The summed E-state index contributed by atoms with van der Waals surface area (Å²) >= 11 is 0. The van der Waals surface area contributed by atoms with E-state index in [0.29, 0.717) is 0 Å². The highest BCUT2D eigenvalue weighted by atomic mass is 14.5. The van der Waals surface area contributed by atoms with Gasteiger partial charge in [-0.2, -0.15) is 0 Å². The van der Waals surface area contributed by atoms with Crippen molar-refractivity contribution in [3.8, 4) is 0 Å². The Hall–Kier alpha value is -0.260. The Morgan fingerprint density at radius 1 is 0.700 bits per heavy atom. The van der Waals surface area contributed by atoms with Crippen molar-refractivity contribution in [3.63, 3.8) is 0 Å². The second-order valence-electron chi connectivity index (χ2n) is 15.7. The van der Waals surface area contributed by atoms with Gasteiger partial charge in [-0.05, 0) is 123 Å². The van der Waals surface area contributed by atoms with Gasteiger partial charge >= 0.3 is 0 Å². The standard InChI is InChI=1S/C37H70.C3H8/c1-9-11-12-13-14-18-36(26-29(3)4)31(6)17-15-19-34(16-10-2)32(7)20-21-33(8)35-22-24-37(25-23-35)27-30(5)28-37;1-3-2/h11-12,29-36H,9-10,13-28H2,1-8H3;3H2,1-2H3/b12-11-;. The molecule has 0 aromatic rings.